The van der Waals surface area contributed by atoms with Crippen molar-refractivity contribution in [2.75, 3.05) is 11.5 Å². The van der Waals surface area contributed by atoms with Crippen molar-refractivity contribution < 1.29 is 9.21 Å². The molecule has 0 aliphatic carbocycles. The van der Waals surface area contributed by atoms with Gasteiger partial charge in [-0.1, -0.05) is 11.8 Å². The fourth-order valence-corrected chi connectivity index (χ4v) is 2.19. The quantitative estimate of drug-likeness (QED) is 0.634. The predicted octanol–water partition coefficient (Wildman–Crippen LogP) is 1.49. The molecule has 0 fully saturated rings. The lowest BCUT2D eigenvalue weighted by molar-refractivity contribution is -0.119. The molecule has 2 rings (SSSR count). The van der Waals surface area contributed by atoms with Crippen molar-refractivity contribution >= 4 is 23.5 Å². The summed E-state index contributed by atoms with van der Waals surface area (Å²) in [6.45, 7) is 1.83. The summed E-state index contributed by atoms with van der Waals surface area (Å²) in [5.41, 5.74) is 5.80. The van der Waals surface area contributed by atoms with Crippen LogP contribution in [0, 0.1) is 11.3 Å². The van der Waals surface area contributed by atoms with Crippen LogP contribution in [0.5, 0.6) is 0 Å². The van der Waals surface area contributed by atoms with E-state index in [1.807, 2.05) is 13.0 Å². The molecule has 108 valence electrons. The number of carbonyl (C=O) groups excluding carboxylic acids is 1. The Morgan fingerprint density at radius 3 is 3.10 bits per heavy atom. The second-order valence-corrected chi connectivity index (χ2v) is 5.10. The largest absolute Gasteiger partial charge is 0.467 e. The van der Waals surface area contributed by atoms with E-state index in [2.05, 4.69) is 15.3 Å². The first-order valence-electron chi connectivity index (χ1n) is 6.08. The van der Waals surface area contributed by atoms with Gasteiger partial charge in [0.15, 0.2) is 5.16 Å². The number of thioether (sulfide) groups is 1. The van der Waals surface area contributed by atoms with Crippen LogP contribution in [0.3, 0.4) is 0 Å². The number of nitrogens with zero attached hydrogens (tertiary/aromatic N) is 3. The highest BCUT2D eigenvalue weighted by atomic mass is 32.2. The van der Waals surface area contributed by atoms with Crippen LogP contribution >= 0.6 is 11.8 Å². The lowest BCUT2D eigenvalue weighted by atomic mass is 10.2. The zero-order valence-electron chi connectivity index (χ0n) is 11.2. The smallest absolute Gasteiger partial charge is 0.231 e. The van der Waals surface area contributed by atoms with Gasteiger partial charge in [0.2, 0.25) is 5.91 Å². The first kappa shape index (κ1) is 14.9. The molecule has 1 amide bonds. The van der Waals surface area contributed by atoms with Gasteiger partial charge in [-0.3, -0.25) is 4.79 Å². The summed E-state index contributed by atoms with van der Waals surface area (Å²) in [5, 5.41) is 11.9. The van der Waals surface area contributed by atoms with Crippen molar-refractivity contribution in [3.05, 3.63) is 35.9 Å². The monoisotopic (exact) mass is 303 g/mol. The number of nitrogen functional groups attached to an aromatic ring is 1. The number of hydrogen-bond acceptors (Lipinski definition) is 7. The highest BCUT2D eigenvalue weighted by Crippen LogP contribution is 2.17. The van der Waals surface area contributed by atoms with Gasteiger partial charge in [0, 0.05) is 0 Å². The zero-order chi connectivity index (χ0) is 15.2. The third-order valence-corrected chi connectivity index (χ3v) is 3.46. The van der Waals surface area contributed by atoms with Crippen molar-refractivity contribution in [1.82, 2.24) is 15.3 Å². The van der Waals surface area contributed by atoms with E-state index >= 15 is 0 Å². The molecule has 21 heavy (non-hydrogen) atoms. The van der Waals surface area contributed by atoms with Crippen LogP contribution in [0.15, 0.2) is 34.2 Å². The van der Waals surface area contributed by atoms with Gasteiger partial charge in [0.05, 0.1) is 24.3 Å². The van der Waals surface area contributed by atoms with E-state index in [0.717, 1.165) is 11.8 Å². The summed E-state index contributed by atoms with van der Waals surface area (Å²) in [7, 11) is 0. The molecule has 0 bridgehead atoms. The molecule has 0 saturated carbocycles. The van der Waals surface area contributed by atoms with Gasteiger partial charge in [-0.25, -0.2) is 9.97 Å². The van der Waals surface area contributed by atoms with Crippen molar-refractivity contribution in [3.8, 4) is 6.07 Å². The molecule has 2 heterocycles. The number of rotatable bonds is 5. The van der Waals surface area contributed by atoms with Crippen molar-refractivity contribution in [2.24, 2.45) is 0 Å². The molecular formula is C13H13N5O2S. The first-order chi connectivity index (χ1) is 10.1. The third kappa shape index (κ3) is 3.97. The summed E-state index contributed by atoms with van der Waals surface area (Å²) in [5.74, 6) is 0.776. The van der Waals surface area contributed by atoms with Gasteiger partial charge in [0.25, 0.3) is 0 Å². The Kier molecular flexibility index (Phi) is 4.79. The molecule has 8 heteroatoms. The minimum Gasteiger partial charge on any atom is -0.467 e. The van der Waals surface area contributed by atoms with Crippen LogP contribution in [0.1, 0.15) is 24.3 Å². The van der Waals surface area contributed by atoms with Gasteiger partial charge in [-0.2, -0.15) is 5.26 Å². The van der Waals surface area contributed by atoms with Crippen LogP contribution in [0.4, 0.5) is 5.82 Å². The fraction of sp³-hybridized carbons (Fsp3) is 0.231. The number of nitriles is 1. The molecule has 2 aromatic rings. The average Bonchev–Trinajstić information content (AvgIpc) is 2.99. The van der Waals surface area contributed by atoms with E-state index in [4.69, 9.17) is 15.4 Å². The van der Waals surface area contributed by atoms with E-state index in [9.17, 15) is 4.79 Å². The summed E-state index contributed by atoms with van der Waals surface area (Å²) in [6.07, 6.45) is 2.90. The number of amides is 1. The van der Waals surface area contributed by atoms with Crippen molar-refractivity contribution in [2.45, 2.75) is 18.1 Å². The van der Waals surface area contributed by atoms with Gasteiger partial charge in [-0.15, -0.1) is 0 Å². The Labute approximate surface area is 125 Å². The minimum atomic E-state index is -0.208. The molecule has 1 atom stereocenters. The standard InChI is InChI=1S/C13H13N5O2S/c1-8(10-3-2-4-20-10)17-11(19)7-21-13-16-6-9(5-14)12(15)18-13/h2-4,6,8H,7H2,1H3,(H,17,19)(H2,15,16,18). The molecule has 3 N–H and O–H groups in total. The summed E-state index contributed by atoms with van der Waals surface area (Å²) in [4.78, 5) is 19.7. The first-order valence-corrected chi connectivity index (χ1v) is 7.07. The molecule has 0 radical (unpaired) electrons. The molecular weight excluding hydrogens is 290 g/mol. The molecule has 0 spiro atoms. The minimum absolute atomic E-state index is 0.111. The Bertz CT molecular complexity index is 666. The Hall–Kier alpha value is -2.53. The van der Waals surface area contributed by atoms with Crippen LogP contribution in [-0.2, 0) is 4.79 Å². The number of carbonyl (C=O) groups is 1. The summed E-state index contributed by atoms with van der Waals surface area (Å²) in [6, 6.07) is 5.23. The second kappa shape index (κ2) is 6.76. The lowest BCUT2D eigenvalue weighted by Gasteiger charge is -2.10. The number of hydrogen-bond donors (Lipinski definition) is 2. The fourth-order valence-electron chi connectivity index (χ4n) is 1.56. The maximum Gasteiger partial charge on any atom is 0.231 e. The molecule has 0 saturated heterocycles. The summed E-state index contributed by atoms with van der Waals surface area (Å²) < 4.78 is 5.21. The van der Waals surface area contributed by atoms with Gasteiger partial charge < -0.3 is 15.5 Å². The average molecular weight is 303 g/mol. The Balaban J connectivity index is 1.87. The number of nitrogens with one attached hydrogen (secondary N) is 1. The maximum atomic E-state index is 11.8. The third-order valence-electron chi connectivity index (χ3n) is 2.60. The lowest BCUT2D eigenvalue weighted by Crippen LogP contribution is -2.28. The summed E-state index contributed by atoms with van der Waals surface area (Å²) >= 11 is 1.15. The SMILES string of the molecule is CC(NC(=O)CSc1ncc(C#N)c(N)n1)c1ccco1. The van der Waals surface area contributed by atoms with E-state index in [-0.39, 0.29) is 29.1 Å². The number of furan rings is 1. The second-order valence-electron chi connectivity index (χ2n) is 4.16. The van der Waals surface area contributed by atoms with E-state index < -0.39 is 0 Å². The highest BCUT2D eigenvalue weighted by molar-refractivity contribution is 7.99. The Morgan fingerprint density at radius 1 is 1.67 bits per heavy atom. The molecule has 2 aromatic heterocycles. The van der Waals surface area contributed by atoms with Crippen LogP contribution in [-0.4, -0.2) is 21.6 Å². The number of nitrogens with two attached hydrogens (primary N) is 1. The van der Waals surface area contributed by atoms with Crippen LogP contribution < -0.4 is 11.1 Å². The van der Waals surface area contributed by atoms with Gasteiger partial charge in [-0.05, 0) is 19.1 Å². The van der Waals surface area contributed by atoms with Crippen molar-refractivity contribution in [1.29, 1.82) is 5.26 Å². The van der Waals surface area contributed by atoms with Gasteiger partial charge >= 0.3 is 0 Å². The maximum absolute atomic E-state index is 11.8. The highest BCUT2D eigenvalue weighted by Gasteiger charge is 2.13. The molecule has 7 nitrogen and oxygen atoms in total. The molecule has 0 aromatic carbocycles. The topological polar surface area (TPSA) is 118 Å². The number of anilines is 1. The van der Waals surface area contributed by atoms with E-state index in [1.54, 1.807) is 18.4 Å². The van der Waals surface area contributed by atoms with Crippen LogP contribution in [0.2, 0.25) is 0 Å². The molecule has 0 aliphatic heterocycles. The Morgan fingerprint density at radius 2 is 2.48 bits per heavy atom. The predicted molar refractivity (Wildman–Crippen MR) is 77.1 cm³/mol. The molecule has 1 unspecified atom stereocenters. The van der Waals surface area contributed by atoms with E-state index in [0.29, 0.717) is 10.9 Å². The van der Waals surface area contributed by atoms with Gasteiger partial charge in [0.1, 0.15) is 23.2 Å². The van der Waals surface area contributed by atoms with Crippen LogP contribution in [0.25, 0.3) is 0 Å². The number of aromatic nitrogens is 2. The van der Waals surface area contributed by atoms with Crippen molar-refractivity contribution in [3.63, 3.8) is 0 Å². The van der Waals surface area contributed by atoms with E-state index in [1.165, 1.54) is 6.20 Å². The normalized spacial score (nSPS) is 11.6. The zero-order valence-corrected chi connectivity index (χ0v) is 12.1. The molecule has 0 aliphatic rings.